The molecule has 3 aromatic rings. The van der Waals surface area contributed by atoms with E-state index in [9.17, 15) is 26.4 Å². The Morgan fingerprint density at radius 1 is 1.00 bits per heavy atom. The molecule has 1 aliphatic heterocycles. The van der Waals surface area contributed by atoms with E-state index in [2.05, 4.69) is 35.7 Å². The summed E-state index contributed by atoms with van der Waals surface area (Å²) in [6.45, 7) is 7.21. The number of nitrogens with one attached hydrogen (secondary N) is 3. The summed E-state index contributed by atoms with van der Waals surface area (Å²) in [5, 5.41) is 8.31. The molecule has 3 N–H and O–H groups in total. The number of rotatable bonds is 12. The van der Waals surface area contributed by atoms with Gasteiger partial charge in [0.05, 0.1) is 17.6 Å². The summed E-state index contributed by atoms with van der Waals surface area (Å²) >= 11 is 0. The largest absolute Gasteiger partial charge is 0.421 e. The van der Waals surface area contributed by atoms with Crippen molar-refractivity contribution in [2.75, 3.05) is 61.0 Å². The third-order valence-corrected chi connectivity index (χ3v) is 11.5. The van der Waals surface area contributed by atoms with Gasteiger partial charge >= 0.3 is 6.18 Å². The van der Waals surface area contributed by atoms with Crippen molar-refractivity contribution >= 4 is 39.1 Å². The van der Waals surface area contributed by atoms with Crippen LogP contribution >= 0.6 is 0 Å². The van der Waals surface area contributed by atoms with Crippen molar-refractivity contribution in [3.8, 4) is 0 Å². The summed E-state index contributed by atoms with van der Waals surface area (Å²) in [7, 11) is -2.30. The first-order valence-electron chi connectivity index (χ1n) is 17.7. The van der Waals surface area contributed by atoms with Crippen LogP contribution in [-0.4, -0.2) is 92.2 Å². The molecule has 6 rings (SSSR count). The second kappa shape index (κ2) is 15.5. The van der Waals surface area contributed by atoms with Gasteiger partial charge in [-0.15, -0.1) is 0 Å². The van der Waals surface area contributed by atoms with Gasteiger partial charge in [-0.25, -0.2) is 17.8 Å². The molecule has 16 heteroatoms. The average molecular weight is 747 g/mol. The second-order valence-electron chi connectivity index (χ2n) is 14.2. The molecule has 0 unspecified atom stereocenters. The zero-order valence-electron chi connectivity index (χ0n) is 29.6. The molecule has 0 atom stereocenters. The van der Waals surface area contributed by atoms with Crippen molar-refractivity contribution in [2.45, 2.75) is 70.3 Å². The Bertz CT molecular complexity index is 1860. The normalized spacial score (nSPS) is 20.4. The Kier molecular flexibility index (Phi) is 11.3. The molecule has 0 bridgehead atoms. The highest BCUT2D eigenvalue weighted by Gasteiger charge is 2.36. The first-order valence-corrected chi connectivity index (χ1v) is 19.5. The van der Waals surface area contributed by atoms with Gasteiger partial charge in [0.2, 0.25) is 16.0 Å². The van der Waals surface area contributed by atoms with Crippen molar-refractivity contribution in [1.29, 1.82) is 0 Å². The summed E-state index contributed by atoms with van der Waals surface area (Å²) in [6.07, 6.45) is 3.23. The maximum Gasteiger partial charge on any atom is 0.421 e. The lowest BCUT2D eigenvalue weighted by molar-refractivity contribution is -0.137. The predicted molar refractivity (Wildman–Crippen MR) is 193 cm³/mol. The van der Waals surface area contributed by atoms with Gasteiger partial charge in [0.15, 0.2) is 0 Å². The number of carbonyl (C=O) groups is 1. The maximum absolute atomic E-state index is 15.3. The smallest absolute Gasteiger partial charge is 0.365 e. The number of aryl methyl sites for hydroxylation is 1. The van der Waals surface area contributed by atoms with Crippen LogP contribution in [0.15, 0.2) is 42.6 Å². The topological polar surface area (TPSA) is 123 Å². The molecule has 52 heavy (non-hydrogen) atoms. The number of hydrogen-bond acceptors (Lipinski definition) is 9. The molecule has 1 saturated heterocycles. The minimum Gasteiger partial charge on any atom is -0.365 e. The number of halogens is 4. The molecule has 2 heterocycles. The van der Waals surface area contributed by atoms with Crippen molar-refractivity contribution < 1.29 is 30.8 Å². The van der Waals surface area contributed by atoms with E-state index in [4.69, 9.17) is 0 Å². The number of benzene rings is 2. The lowest BCUT2D eigenvalue weighted by atomic mass is 9.89. The second-order valence-corrected chi connectivity index (χ2v) is 16.3. The Morgan fingerprint density at radius 3 is 2.35 bits per heavy atom. The number of piperazine rings is 1. The molecule has 3 aliphatic rings. The SMILES string of the molecule is Cc1ccc(CNc2nc(Nc3ccc(C(=O)N[C@H]4CC[C@H](N5CCN(CC6CC6)CC5)CC4)cc3F)ncc2C(F)(F)F)c(N(C)S(C)(=O)=O)c1. The van der Waals surface area contributed by atoms with Crippen LogP contribution in [0.2, 0.25) is 0 Å². The van der Waals surface area contributed by atoms with Crippen molar-refractivity contribution in [3.05, 3.63) is 70.7 Å². The number of nitrogens with zero attached hydrogens (tertiary/aromatic N) is 5. The molecule has 2 saturated carbocycles. The quantitative estimate of drug-likeness (QED) is 0.199. The zero-order chi connectivity index (χ0) is 37.2. The third kappa shape index (κ3) is 9.50. The Labute approximate surface area is 302 Å². The fourth-order valence-electron chi connectivity index (χ4n) is 6.97. The van der Waals surface area contributed by atoms with Crippen LogP contribution in [0, 0.1) is 18.7 Å². The number of carbonyl (C=O) groups excluding carboxylic acids is 1. The highest BCUT2D eigenvalue weighted by molar-refractivity contribution is 7.92. The van der Waals surface area contributed by atoms with Gasteiger partial charge in [-0.1, -0.05) is 12.1 Å². The van der Waals surface area contributed by atoms with Gasteiger partial charge in [0.25, 0.3) is 5.91 Å². The molecule has 282 valence electrons. The van der Waals surface area contributed by atoms with Crippen LogP contribution < -0.4 is 20.3 Å². The molecule has 0 spiro atoms. The average Bonchev–Trinajstić information content (AvgIpc) is 3.92. The minimum atomic E-state index is -4.81. The van der Waals surface area contributed by atoms with Gasteiger partial charge < -0.3 is 20.9 Å². The van der Waals surface area contributed by atoms with Crippen LogP contribution in [-0.2, 0) is 22.7 Å². The Hall–Kier alpha value is -4.02. The highest BCUT2D eigenvalue weighted by atomic mass is 32.2. The van der Waals surface area contributed by atoms with E-state index in [-0.39, 0.29) is 29.8 Å². The summed E-state index contributed by atoms with van der Waals surface area (Å²) < 4.78 is 82.5. The molecule has 0 radical (unpaired) electrons. The number of alkyl halides is 3. The van der Waals surface area contributed by atoms with Crippen molar-refractivity contribution in [2.24, 2.45) is 5.92 Å². The Balaban J connectivity index is 1.06. The molecule has 1 amide bonds. The first kappa shape index (κ1) is 37.7. The van der Waals surface area contributed by atoms with E-state index >= 15 is 4.39 Å². The van der Waals surface area contributed by atoms with Gasteiger partial charge in [-0.3, -0.25) is 14.0 Å². The number of hydrogen-bond donors (Lipinski definition) is 3. The van der Waals surface area contributed by atoms with Gasteiger partial charge in [-0.05, 0) is 86.8 Å². The zero-order valence-corrected chi connectivity index (χ0v) is 30.5. The lowest BCUT2D eigenvalue weighted by Crippen LogP contribution is -2.52. The summed E-state index contributed by atoms with van der Waals surface area (Å²) in [4.78, 5) is 26.0. The summed E-state index contributed by atoms with van der Waals surface area (Å²) in [6, 6.07) is 9.29. The molecule has 2 aliphatic carbocycles. The van der Waals surface area contributed by atoms with E-state index < -0.39 is 39.3 Å². The first-order chi connectivity index (χ1) is 24.6. The summed E-state index contributed by atoms with van der Waals surface area (Å²) in [5.74, 6) is -1.19. The van der Waals surface area contributed by atoms with Gasteiger partial charge in [0, 0.05) is 70.2 Å². The van der Waals surface area contributed by atoms with E-state index in [0.29, 0.717) is 23.5 Å². The fourth-order valence-corrected chi connectivity index (χ4v) is 7.49. The molecular formula is C36H46F4N8O3S. The molecule has 1 aromatic heterocycles. The highest BCUT2D eigenvalue weighted by Crippen LogP contribution is 2.35. The van der Waals surface area contributed by atoms with Crippen molar-refractivity contribution in [1.82, 2.24) is 25.1 Å². The van der Waals surface area contributed by atoms with Crippen LogP contribution in [0.5, 0.6) is 0 Å². The number of anilines is 4. The monoisotopic (exact) mass is 746 g/mol. The summed E-state index contributed by atoms with van der Waals surface area (Å²) in [5.41, 5.74) is 0.301. The fraction of sp³-hybridized carbons (Fsp3) is 0.528. The molecule has 11 nitrogen and oxygen atoms in total. The standard InChI is InChI=1S/C36H46F4N8O3S/c1-23-4-7-26(32(18-23)46(2)52(3,50)51)20-41-33-29(36(38,39)40)21-42-35(45-33)44-31-13-8-25(19-30(31)37)34(49)43-27-9-11-28(12-10-27)48-16-14-47(15-17-48)22-24-5-6-24/h4,7-8,13,18-19,21,24,27-28H,5-6,9-12,14-17,20,22H2,1-3H3,(H,43,49)(H2,41,42,44,45)/t27-,28-. The lowest BCUT2D eigenvalue weighted by Gasteiger charge is -2.42. The van der Waals surface area contributed by atoms with Crippen LogP contribution in [0.1, 0.15) is 65.6 Å². The van der Waals surface area contributed by atoms with Crippen LogP contribution in [0.25, 0.3) is 0 Å². The predicted octanol–water partition coefficient (Wildman–Crippen LogP) is 5.76. The van der Waals surface area contributed by atoms with Gasteiger partial charge in [0.1, 0.15) is 17.2 Å². The van der Waals surface area contributed by atoms with Crippen molar-refractivity contribution in [3.63, 3.8) is 0 Å². The van der Waals surface area contributed by atoms with E-state index in [0.717, 1.165) is 80.0 Å². The third-order valence-electron chi connectivity index (χ3n) is 10.3. The minimum absolute atomic E-state index is 0.00463. The molecule has 3 fully saturated rings. The number of aromatic nitrogens is 2. The number of sulfonamides is 1. The van der Waals surface area contributed by atoms with E-state index in [1.54, 1.807) is 25.1 Å². The van der Waals surface area contributed by atoms with E-state index in [1.807, 2.05) is 0 Å². The Morgan fingerprint density at radius 2 is 1.71 bits per heavy atom. The maximum atomic E-state index is 15.3. The van der Waals surface area contributed by atoms with Crippen LogP contribution in [0.3, 0.4) is 0 Å². The van der Waals surface area contributed by atoms with Gasteiger partial charge in [-0.2, -0.15) is 18.2 Å². The van der Waals surface area contributed by atoms with E-state index in [1.165, 1.54) is 38.6 Å². The molecule has 2 aromatic carbocycles. The number of amides is 1. The molecular weight excluding hydrogens is 701 g/mol. The van der Waals surface area contributed by atoms with Crippen LogP contribution in [0.4, 0.5) is 40.7 Å².